The van der Waals surface area contributed by atoms with Crippen molar-refractivity contribution in [3.05, 3.63) is 11.2 Å². The molecule has 7 heteroatoms. The maximum Gasteiger partial charge on any atom is 0.252 e. The van der Waals surface area contributed by atoms with E-state index >= 15 is 0 Å². The molecule has 0 radical (unpaired) electrons. The van der Waals surface area contributed by atoms with E-state index in [0.29, 0.717) is 48.5 Å². The molecule has 1 fully saturated rings. The third-order valence-electron chi connectivity index (χ3n) is 3.60. The van der Waals surface area contributed by atoms with Crippen molar-refractivity contribution in [1.82, 2.24) is 15.3 Å². The normalized spacial score (nSPS) is 22.1. The maximum absolute atomic E-state index is 6.03. The van der Waals surface area contributed by atoms with Gasteiger partial charge in [0.25, 0.3) is 5.95 Å². The summed E-state index contributed by atoms with van der Waals surface area (Å²) in [7, 11) is 0. The van der Waals surface area contributed by atoms with Crippen molar-refractivity contribution in [2.75, 3.05) is 32.9 Å². The lowest BCUT2D eigenvalue weighted by Gasteiger charge is -2.26. The van der Waals surface area contributed by atoms with Crippen LogP contribution in [0.2, 0.25) is 5.02 Å². The van der Waals surface area contributed by atoms with Gasteiger partial charge in [0.2, 0.25) is 5.88 Å². The number of aromatic nitrogens is 2. The second-order valence-electron chi connectivity index (χ2n) is 5.28. The Morgan fingerprint density at radius 1 is 1.50 bits per heavy atom. The summed E-state index contributed by atoms with van der Waals surface area (Å²) in [4.78, 5) is 12.8. The van der Waals surface area contributed by atoms with Gasteiger partial charge in [-0.25, -0.2) is 9.98 Å². The van der Waals surface area contributed by atoms with Gasteiger partial charge in [-0.15, -0.1) is 0 Å². The van der Waals surface area contributed by atoms with Crippen LogP contribution in [-0.4, -0.2) is 49.1 Å². The van der Waals surface area contributed by atoms with Gasteiger partial charge in [0.05, 0.1) is 12.8 Å². The highest BCUT2D eigenvalue weighted by Gasteiger charge is 2.19. The van der Waals surface area contributed by atoms with Crippen molar-refractivity contribution in [3.63, 3.8) is 0 Å². The summed E-state index contributed by atoms with van der Waals surface area (Å²) in [6, 6.07) is 0. The van der Waals surface area contributed by atoms with Crippen LogP contribution in [0.3, 0.4) is 0 Å². The fourth-order valence-electron chi connectivity index (χ4n) is 2.27. The SMILES string of the molecule is CCOCCOc1nc(/N=C/C2CCNCC2C)ncc1Cl. The molecule has 1 N–H and O–H groups in total. The number of hydrogen-bond donors (Lipinski definition) is 1. The van der Waals surface area contributed by atoms with E-state index in [1.807, 2.05) is 13.1 Å². The minimum absolute atomic E-state index is 0.349. The van der Waals surface area contributed by atoms with Gasteiger partial charge in [-0.2, -0.15) is 4.98 Å². The number of nitrogens with zero attached hydrogens (tertiary/aromatic N) is 3. The number of halogens is 1. The van der Waals surface area contributed by atoms with Gasteiger partial charge in [0, 0.05) is 12.8 Å². The van der Waals surface area contributed by atoms with Crippen LogP contribution in [0.4, 0.5) is 5.95 Å². The van der Waals surface area contributed by atoms with Crippen LogP contribution in [0.15, 0.2) is 11.2 Å². The summed E-state index contributed by atoms with van der Waals surface area (Å²) in [5, 5.41) is 3.75. The number of aliphatic imine (C=N–C) groups is 1. The largest absolute Gasteiger partial charge is 0.474 e. The molecule has 1 aliphatic heterocycles. The molecule has 6 nitrogen and oxygen atoms in total. The average molecular weight is 327 g/mol. The van der Waals surface area contributed by atoms with Crippen molar-refractivity contribution >= 4 is 23.8 Å². The van der Waals surface area contributed by atoms with E-state index < -0.39 is 0 Å². The Hall–Kier alpha value is -1.24. The van der Waals surface area contributed by atoms with Crippen molar-refractivity contribution in [2.45, 2.75) is 20.3 Å². The van der Waals surface area contributed by atoms with Crippen LogP contribution >= 0.6 is 11.6 Å². The molecule has 1 aromatic heterocycles. The second kappa shape index (κ2) is 9.02. The molecule has 0 aromatic carbocycles. The molecule has 0 spiro atoms. The van der Waals surface area contributed by atoms with Gasteiger partial charge < -0.3 is 14.8 Å². The highest BCUT2D eigenvalue weighted by Crippen LogP contribution is 2.23. The standard InChI is InChI=1S/C15H23ClN4O2/c1-3-21-6-7-22-14-13(16)10-19-15(20-14)18-9-12-4-5-17-8-11(12)2/h9-12,17H,3-8H2,1-2H3/b18-9+. The number of ether oxygens (including phenoxy) is 2. The van der Waals surface area contributed by atoms with E-state index in [0.717, 1.165) is 19.5 Å². The number of piperidine rings is 1. The van der Waals surface area contributed by atoms with E-state index in [2.05, 4.69) is 27.2 Å². The fraction of sp³-hybridized carbons (Fsp3) is 0.667. The molecule has 2 rings (SSSR count). The molecular formula is C15H23ClN4O2. The van der Waals surface area contributed by atoms with Crippen LogP contribution in [-0.2, 0) is 4.74 Å². The lowest BCUT2D eigenvalue weighted by molar-refractivity contribution is 0.108. The maximum atomic E-state index is 6.03. The molecule has 0 bridgehead atoms. The number of rotatable bonds is 7. The van der Waals surface area contributed by atoms with Crippen LogP contribution in [0.1, 0.15) is 20.3 Å². The van der Waals surface area contributed by atoms with Crippen LogP contribution in [0.5, 0.6) is 5.88 Å². The van der Waals surface area contributed by atoms with Gasteiger partial charge in [-0.3, -0.25) is 0 Å². The summed E-state index contributed by atoms with van der Waals surface area (Å²) in [5.74, 6) is 1.73. The first kappa shape index (κ1) is 17.1. The van der Waals surface area contributed by atoms with E-state index in [-0.39, 0.29) is 0 Å². The molecule has 1 aromatic rings. The quantitative estimate of drug-likeness (QED) is 0.616. The lowest BCUT2D eigenvalue weighted by atomic mass is 9.89. The highest BCUT2D eigenvalue weighted by atomic mass is 35.5. The molecule has 22 heavy (non-hydrogen) atoms. The zero-order valence-electron chi connectivity index (χ0n) is 13.1. The molecule has 122 valence electrons. The number of hydrogen-bond acceptors (Lipinski definition) is 6. The van der Waals surface area contributed by atoms with Gasteiger partial charge >= 0.3 is 0 Å². The average Bonchev–Trinajstić information content (AvgIpc) is 2.53. The predicted molar refractivity (Wildman–Crippen MR) is 87.3 cm³/mol. The summed E-state index contributed by atoms with van der Waals surface area (Å²) >= 11 is 6.03. The van der Waals surface area contributed by atoms with Crippen molar-refractivity contribution in [3.8, 4) is 5.88 Å². The smallest absolute Gasteiger partial charge is 0.252 e. The molecule has 1 saturated heterocycles. The van der Waals surface area contributed by atoms with Gasteiger partial charge in [0.15, 0.2) is 0 Å². The summed E-state index contributed by atoms with van der Waals surface area (Å²) in [6.07, 6.45) is 4.54. The first-order valence-electron chi connectivity index (χ1n) is 7.68. The summed E-state index contributed by atoms with van der Waals surface area (Å²) in [5.41, 5.74) is 0. The Morgan fingerprint density at radius 3 is 3.14 bits per heavy atom. The van der Waals surface area contributed by atoms with Crippen molar-refractivity contribution in [1.29, 1.82) is 0 Å². The predicted octanol–water partition coefficient (Wildman–Crippen LogP) is 2.49. The Morgan fingerprint density at radius 2 is 2.36 bits per heavy atom. The minimum atomic E-state index is 0.349. The highest BCUT2D eigenvalue weighted by molar-refractivity contribution is 6.31. The van der Waals surface area contributed by atoms with E-state index in [1.165, 1.54) is 6.20 Å². The zero-order chi connectivity index (χ0) is 15.8. The van der Waals surface area contributed by atoms with Crippen LogP contribution in [0, 0.1) is 11.8 Å². The molecule has 0 saturated carbocycles. The first-order valence-corrected chi connectivity index (χ1v) is 8.06. The molecule has 2 heterocycles. The van der Waals surface area contributed by atoms with Crippen molar-refractivity contribution < 1.29 is 9.47 Å². The van der Waals surface area contributed by atoms with Gasteiger partial charge in [-0.1, -0.05) is 18.5 Å². The molecule has 0 amide bonds. The fourth-order valence-corrected chi connectivity index (χ4v) is 2.41. The third kappa shape index (κ3) is 5.19. The zero-order valence-corrected chi connectivity index (χ0v) is 13.8. The second-order valence-corrected chi connectivity index (χ2v) is 5.69. The van der Waals surface area contributed by atoms with Crippen LogP contribution < -0.4 is 10.1 Å². The lowest BCUT2D eigenvalue weighted by Crippen LogP contribution is -2.35. The molecule has 1 aliphatic rings. The van der Waals surface area contributed by atoms with E-state index in [4.69, 9.17) is 21.1 Å². The molecule has 0 aliphatic carbocycles. The molecule has 2 atom stereocenters. The summed E-state index contributed by atoms with van der Waals surface area (Å²) in [6.45, 7) is 7.75. The Balaban J connectivity index is 1.95. The first-order chi connectivity index (χ1) is 10.7. The number of nitrogens with one attached hydrogen (secondary N) is 1. The van der Waals surface area contributed by atoms with Gasteiger partial charge in [0.1, 0.15) is 11.6 Å². The Kier molecular flexibility index (Phi) is 7.02. The minimum Gasteiger partial charge on any atom is -0.474 e. The van der Waals surface area contributed by atoms with Crippen molar-refractivity contribution in [2.24, 2.45) is 16.8 Å². The van der Waals surface area contributed by atoms with Gasteiger partial charge in [-0.05, 0) is 38.3 Å². The van der Waals surface area contributed by atoms with E-state index in [9.17, 15) is 0 Å². The third-order valence-corrected chi connectivity index (χ3v) is 3.86. The molecule has 2 unspecified atom stereocenters. The van der Waals surface area contributed by atoms with E-state index in [1.54, 1.807) is 0 Å². The van der Waals surface area contributed by atoms with Crippen LogP contribution in [0.25, 0.3) is 0 Å². The topological polar surface area (TPSA) is 68.6 Å². The Labute approximate surface area is 136 Å². The molecular weight excluding hydrogens is 304 g/mol. The summed E-state index contributed by atoms with van der Waals surface area (Å²) < 4.78 is 10.7. The monoisotopic (exact) mass is 326 g/mol. The Bertz CT molecular complexity index is 498.